The summed E-state index contributed by atoms with van der Waals surface area (Å²) in [7, 11) is 0. The Kier molecular flexibility index (Phi) is 5.99. The van der Waals surface area contributed by atoms with Gasteiger partial charge in [0.05, 0.1) is 5.56 Å². The Morgan fingerprint density at radius 3 is 2.04 bits per heavy atom. The van der Waals surface area contributed by atoms with Gasteiger partial charge in [0.25, 0.3) is 0 Å². The van der Waals surface area contributed by atoms with Crippen molar-refractivity contribution in [2.45, 2.75) is 19.3 Å². The second kappa shape index (κ2) is 8.61. The molecule has 1 N–H and O–H groups in total. The quantitative estimate of drug-likeness (QED) is 0.551. The Morgan fingerprint density at radius 1 is 0.786 bits per heavy atom. The van der Waals surface area contributed by atoms with Gasteiger partial charge in [-0.05, 0) is 41.5 Å². The largest absolute Gasteiger partial charge is 0.490 e. The van der Waals surface area contributed by atoms with E-state index in [0.29, 0.717) is 19.0 Å². The van der Waals surface area contributed by atoms with Crippen molar-refractivity contribution in [2.75, 3.05) is 13.2 Å². The molecule has 0 aromatic heterocycles. The first kappa shape index (κ1) is 19.5. The summed E-state index contributed by atoms with van der Waals surface area (Å²) < 4.78 is 11.3. The Hall–Kier alpha value is -3.27. The number of ether oxygens (including phenoxy) is 2. The van der Waals surface area contributed by atoms with E-state index in [4.69, 9.17) is 14.6 Å². The van der Waals surface area contributed by atoms with E-state index in [1.807, 2.05) is 18.2 Å². The first-order chi connectivity index (χ1) is 13.5. The Balaban J connectivity index is 1.54. The number of carboxylic acids is 1. The monoisotopic (exact) mass is 376 g/mol. The molecule has 0 saturated carbocycles. The predicted octanol–water partition coefficient (Wildman–Crippen LogP) is 5.17. The summed E-state index contributed by atoms with van der Waals surface area (Å²) in [6, 6.07) is 24.9. The van der Waals surface area contributed by atoms with Gasteiger partial charge in [0, 0.05) is 5.41 Å². The second-order valence-corrected chi connectivity index (χ2v) is 7.05. The van der Waals surface area contributed by atoms with Crippen LogP contribution >= 0.6 is 0 Å². The van der Waals surface area contributed by atoms with E-state index in [2.05, 4.69) is 50.2 Å². The molecular weight excluding hydrogens is 352 g/mol. The van der Waals surface area contributed by atoms with E-state index in [1.165, 1.54) is 23.3 Å². The maximum absolute atomic E-state index is 11.0. The molecule has 28 heavy (non-hydrogen) atoms. The van der Waals surface area contributed by atoms with Crippen molar-refractivity contribution in [3.63, 3.8) is 0 Å². The summed E-state index contributed by atoms with van der Waals surface area (Å²) in [5.41, 5.74) is 2.60. The molecule has 0 amide bonds. The number of aromatic carboxylic acids is 1. The zero-order chi connectivity index (χ0) is 20.0. The number of carboxylic acid groups (broad SMARTS) is 1. The van der Waals surface area contributed by atoms with Crippen LogP contribution in [0, 0.1) is 0 Å². The molecule has 4 heteroatoms. The minimum absolute atomic E-state index is 0.0853. The van der Waals surface area contributed by atoms with Gasteiger partial charge in [-0.25, -0.2) is 4.79 Å². The lowest BCUT2D eigenvalue weighted by Crippen LogP contribution is -2.18. The molecule has 0 saturated heterocycles. The van der Waals surface area contributed by atoms with E-state index in [9.17, 15) is 4.79 Å². The molecule has 0 spiro atoms. The fourth-order valence-corrected chi connectivity index (χ4v) is 3.03. The fraction of sp³-hybridized carbons (Fsp3) is 0.208. The van der Waals surface area contributed by atoms with E-state index >= 15 is 0 Å². The highest BCUT2D eigenvalue weighted by Gasteiger charge is 2.22. The molecule has 3 aromatic rings. The number of hydrogen-bond donors (Lipinski definition) is 1. The molecule has 3 rings (SSSR count). The van der Waals surface area contributed by atoms with Crippen LogP contribution in [0.5, 0.6) is 11.5 Å². The van der Waals surface area contributed by atoms with Crippen LogP contribution in [0.4, 0.5) is 0 Å². The van der Waals surface area contributed by atoms with Crippen LogP contribution < -0.4 is 9.47 Å². The number of hydrogen-bond acceptors (Lipinski definition) is 3. The molecule has 0 aliphatic carbocycles. The molecule has 0 atom stereocenters. The highest BCUT2D eigenvalue weighted by molar-refractivity contribution is 5.87. The lowest BCUT2D eigenvalue weighted by Gasteiger charge is -2.26. The molecule has 0 aliphatic rings. The number of carbonyl (C=O) groups is 1. The van der Waals surface area contributed by atoms with Crippen molar-refractivity contribution < 1.29 is 19.4 Å². The van der Waals surface area contributed by atoms with E-state index in [0.717, 1.165) is 5.75 Å². The van der Waals surface area contributed by atoms with Crippen LogP contribution in [0.15, 0.2) is 78.9 Å². The van der Waals surface area contributed by atoms with Gasteiger partial charge < -0.3 is 14.6 Å². The smallest absolute Gasteiger partial charge is 0.335 e. The molecule has 0 fully saturated rings. The molecule has 4 nitrogen and oxygen atoms in total. The average molecular weight is 376 g/mol. The van der Waals surface area contributed by atoms with Gasteiger partial charge in [-0.2, -0.15) is 0 Å². The molecule has 3 aromatic carbocycles. The van der Waals surface area contributed by atoms with Crippen LogP contribution in [-0.4, -0.2) is 24.3 Å². The third-order valence-electron chi connectivity index (χ3n) is 4.77. The van der Waals surface area contributed by atoms with Gasteiger partial charge in [0.2, 0.25) is 0 Å². The average Bonchev–Trinajstić information content (AvgIpc) is 2.72. The van der Waals surface area contributed by atoms with E-state index in [-0.39, 0.29) is 11.0 Å². The number of rotatable bonds is 8. The van der Waals surface area contributed by atoms with Gasteiger partial charge in [0.1, 0.15) is 24.7 Å². The summed E-state index contributed by atoms with van der Waals surface area (Å²) in [6.45, 7) is 5.12. The third-order valence-corrected chi connectivity index (χ3v) is 4.77. The maximum atomic E-state index is 11.0. The number of benzene rings is 3. The first-order valence-corrected chi connectivity index (χ1v) is 9.22. The topological polar surface area (TPSA) is 55.8 Å². The van der Waals surface area contributed by atoms with Gasteiger partial charge in [-0.15, -0.1) is 0 Å². The lowest BCUT2D eigenvalue weighted by molar-refractivity contribution is 0.0696. The van der Waals surface area contributed by atoms with Crippen molar-refractivity contribution in [2.24, 2.45) is 0 Å². The fourth-order valence-electron chi connectivity index (χ4n) is 3.03. The highest BCUT2D eigenvalue weighted by Crippen LogP contribution is 2.32. The SMILES string of the molecule is CC(C)(c1ccccc1)c1ccc(OCCOc2cccc(C(=O)O)c2)cc1. The summed E-state index contributed by atoms with van der Waals surface area (Å²) in [4.78, 5) is 11.0. The van der Waals surface area contributed by atoms with Crippen molar-refractivity contribution in [1.29, 1.82) is 0 Å². The van der Waals surface area contributed by atoms with Crippen molar-refractivity contribution >= 4 is 5.97 Å². The van der Waals surface area contributed by atoms with Crippen LogP contribution in [-0.2, 0) is 5.41 Å². The van der Waals surface area contributed by atoms with Crippen LogP contribution in [0.2, 0.25) is 0 Å². The standard InChI is InChI=1S/C24H24O4/c1-24(2,19-8-4-3-5-9-19)20-11-13-21(14-12-20)27-15-16-28-22-10-6-7-18(17-22)23(25)26/h3-14,17H,15-16H2,1-2H3,(H,25,26). The van der Waals surface area contributed by atoms with E-state index in [1.54, 1.807) is 12.1 Å². The van der Waals surface area contributed by atoms with Gasteiger partial charge in [0.15, 0.2) is 0 Å². The molecular formula is C24H24O4. The summed E-state index contributed by atoms with van der Waals surface area (Å²) >= 11 is 0. The zero-order valence-corrected chi connectivity index (χ0v) is 16.1. The predicted molar refractivity (Wildman–Crippen MR) is 109 cm³/mol. The Morgan fingerprint density at radius 2 is 1.39 bits per heavy atom. The minimum atomic E-state index is -0.972. The van der Waals surface area contributed by atoms with Crippen LogP contribution in [0.1, 0.15) is 35.3 Å². The van der Waals surface area contributed by atoms with Crippen LogP contribution in [0.25, 0.3) is 0 Å². The summed E-state index contributed by atoms with van der Waals surface area (Å²) in [6.07, 6.45) is 0. The Bertz CT molecular complexity index is 915. The first-order valence-electron chi connectivity index (χ1n) is 9.22. The summed E-state index contributed by atoms with van der Waals surface area (Å²) in [5.74, 6) is 0.319. The Labute approximate surface area is 165 Å². The van der Waals surface area contributed by atoms with Gasteiger partial charge in [-0.3, -0.25) is 0 Å². The summed E-state index contributed by atoms with van der Waals surface area (Å²) in [5, 5.41) is 9.00. The van der Waals surface area contributed by atoms with Gasteiger partial charge >= 0.3 is 5.97 Å². The maximum Gasteiger partial charge on any atom is 0.335 e. The molecule has 144 valence electrons. The van der Waals surface area contributed by atoms with E-state index < -0.39 is 5.97 Å². The van der Waals surface area contributed by atoms with Crippen molar-refractivity contribution in [3.05, 3.63) is 95.6 Å². The normalized spacial score (nSPS) is 11.1. The lowest BCUT2D eigenvalue weighted by atomic mass is 9.78. The molecule has 0 unspecified atom stereocenters. The van der Waals surface area contributed by atoms with Crippen molar-refractivity contribution in [3.8, 4) is 11.5 Å². The molecule has 0 bridgehead atoms. The molecule has 0 radical (unpaired) electrons. The third kappa shape index (κ3) is 4.71. The van der Waals surface area contributed by atoms with Gasteiger partial charge in [-0.1, -0.05) is 62.4 Å². The molecule has 0 heterocycles. The molecule has 0 aliphatic heterocycles. The second-order valence-electron chi connectivity index (χ2n) is 7.05. The minimum Gasteiger partial charge on any atom is -0.490 e. The van der Waals surface area contributed by atoms with Crippen LogP contribution in [0.3, 0.4) is 0 Å². The highest BCUT2D eigenvalue weighted by atomic mass is 16.5. The van der Waals surface area contributed by atoms with Crippen molar-refractivity contribution in [1.82, 2.24) is 0 Å². The zero-order valence-electron chi connectivity index (χ0n) is 16.1.